The molecule has 8 heteroatoms. The number of phenolic OH excluding ortho intramolecular Hbond substituents is 1. The fourth-order valence-corrected chi connectivity index (χ4v) is 7.28. The molecule has 0 spiro atoms. The Balaban J connectivity index is 1.25. The van der Waals surface area contributed by atoms with Crippen LogP contribution in [0.15, 0.2) is 146 Å². The monoisotopic (exact) mass is 657 g/mol. The lowest BCUT2D eigenvalue weighted by Crippen LogP contribution is -2.00. The Bertz CT molecular complexity index is 2750. The molecule has 2 aromatic heterocycles. The van der Waals surface area contributed by atoms with E-state index in [4.69, 9.17) is 0 Å². The number of hydrogen-bond donors (Lipinski definition) is 1. The van der Waals surface area contributed by atoms with Crippen molar-refractivity contribution in [3.8, 4) is 39.4 Å². The number of nitrogens with zero attached hydrogens (tertiary/aromatic N) is 3. The van der Waals surface area contributed by atoms with Crippen molar-refractivity contribution in [3.05, 3.63) is 167 Å². The Hall–Kier alpha value is -6.80. The van der Waals surface area contributed by atoms with Gasteiger partial charge in [-0.25, -0.2) is 8.78 Å². The maximum atomic E-state index is 15.9. The van der Waals surface area contributed by atoms with Crippen molar-refractivity contribution >= 4 is 49.3 Å². The van der Waals surface area contributed by atoms with Crippen molar-refractivity contribution in [3.63, 3.8) is 0 Å². The number of rotatable bonds is 5. The standard InChI is InChI=1S/C42H25F2N3O3/c43-35-24-36(44)32(34-22-26(18-20-42(34)48)46-39-15-7-3-11-29(39)30-12-4-8-16-40(30)46)23-31(35)33-21-25(17-19-41(33)47(49)50)45-37-13-5-1-9-27(37)28-10-2-6-14-38(28)45/h1-24,48H. The van der Waals surface area contributed by atoms with E-state index in [1.165, 1.54) is 18.2 Å². The van der Waals surface area contributed by atoms with Crippen LogP contribution in [0.25, 0.3) is 77.2 Å². The normalized spacial score (nSPS) is 11.6. The van der Waals surface area contributed by atoms with Gasteiger partial charge in [0.15, 0.2) is 0 Å². The van der Waals surface area contributed by atoms with E-state index < -0.39 is 16.6 Å². The van der Waals surface area contributed by atoms with Crippen molar-refractivity contribution in [2.45, 2.75) is 0 Å². The maximum absolute atomic E-state index is 15.9. The second-order valence-electron chi connectivity index (χ2n) is 12.2. The summed E-state index contributed by atoms with van der Waals surface area (Å²) in [5.41, 5.74) is 4.30. The molecular weight excluding hydrogens is 632 g/mol. The first-order valence-electron chi connectivity index (χ1n) is 16.0. The first kappa shape index (κ1) is 29.3. The maximum Gasteiger partial charge on any atom is 0.277 e. The van der Waals surface area contributed by atoms with Gasteiger partial charge in [-0.3, -0.25) is 10.1 Å². The van der Waals surface area contributed by atoms with Crippen molar-refractivity contribution in [2.75, 3.05) is 0 Å². The molecule has 0 bridgehead atoms. The zero-order valence-electron chi connectivity index (χ0n) is 26.2. The Labute approximate surface area is 283 Å². The van der Waals surface area contributed by atoms with Gasteiger partial charge in [-0.15, -0.1) is 0 Å². The molecule has 0 aliphatic rings. The number of para-hydroxylation sites is 4. The molecule has 0 atom stereocenters. The average molecular weight is 658 g/mol. The van der Waals surface area contributed by atoms with Gasteiger partial charge in [0, 0.05) is 61.7 Å². The van der Waals surface area contributed by atoms with Gasteiger partial charge in [-0.1, -0.05) is 72.8 Å². The van der Waals surface area contributed by atoms with E-state index in [2.05, 4.69) is 0 Å². The van der Waals surface area contributed by atoms with Crippen molar-refractivity contribution in [1.82, 2.24) is 9.13 Å². The lowest BCUT2D eigenvalue weighted by atomic mass is 9.95. The van der Waals surface area contributed by atoms with Crippen LogP contribution in [0, 0.1) is 21.7 Å². The lowest BCUT2D eigenvalue weighted by molar-refractivity contribution is -0.384. The zero-order valence-corrected chi connectivity index (χ0v) is 26.2. The van der Waals surface area contributed by atoms with Gasteiger partial charge < -0.3 is 14.2 Å². The third-order valence-corrected chi connectivity index (χ3v) is 9.47. The molecule has 9 aromatic rings. The first-order valence-corrected chi connectivity index (χ1v) is 16.0. The van der Waals surface area contributed by atoms with E-state index >= 15 is 8.78 Å². The Morgan fingerprint density at radius 1 is 0.480 bits per heavy atom. The van der Waals surface area contributed by atoms with Crippen molar-refractivity contribution in [2.24, 2.45) is 0 Å². The fraction of sp³-hybridized carbons (Fsp3) is 0. The molecule has 0 aliphatic carbocycles. The molecule has 1 N–H and O–H groups in total. The number of halogens is 2. The number of hydrogen-bond acceptors (Lipinski definition) is 3. The molecule has 50 heavy (non-hydrogen) atoms. The van der Waals surface area contributed by atoms with E-state index in [1.807, 2.05) is 106 Å². The summed E-state index contributed by atoms with van der Waals surface area (Å²) in [6, 6.07) is 42.8. The van der Waals surface area contributed by atoms with Gasteiger partial charge in [-0.2, -0.15) is 0 Å². The summed E-state index contributed by atoms with van der Waals surface area (Å²) in [6.45, 7) is 0. The minimum atomic E-state index is -0.966. The summed E-state index contributed by atoms with van der Waals surface area (Å²) in [6.07, 6.45) is 0. The molecule has 9 rings (SSSR count). The fourth-order valence-electron chi connectivity index (χ4n) is 7.28. The summed E-state index contributed by atoms with van der Waals surface area (Å²) in [4.78, 5) is 11.8. The molecule has 2 heterocycles. The quantitative estimate of drug-likeness (QED) is 0.148. The van der Waals surface area contributed by atoms with Crippen molar-refractivity contribution in [1.29, 1.82) is 0 Å². The van der Waals surface area contributed by atoms with Gasteiger partial charge in [-0.05, 0) is 60.7 Å². The highest BCUT2D eigenvalue weighted by atomic mass is 19.1. The number of benzene rings is 7. The van der Waals surface area contributed by atoms with Crippen LogP contribution in [0.4, 0.5) is 14.5 Å². The van der Waals surface area contributed by atoms with E-state index in [-0.39, 0.29) is 33.7 Å². The number of aromatic nitrogens is 2. The first-order chi connectivity index (χ1) is 24.4. The summed E-state index contributed by atoms with van der Waals surface area (Å²) in [5, 5.41) is 27.5. The van der Waals surface area contributed by atoms with Crippen LogP contribution in [0.3, 0.4) is 0 Å². The summed E-state index contributed by atoms with van der Waals surface area (Å²) in [5.74, 6) is -2.10. The Morgan fingerprint density at radius 2 is 0.880 bits per heavy atom. The van der Waals surface area contributed by atoms with E-state index in [0.717, 1.165) is 43.6 Å². The number of nitro benzene ring substituents is 1. The highest BCUT2D eigenvalue weighted by Crippen LogP contribution is 2.42. The summed E-state index contributed by atoms with van der Waals surface area (Å²) >= 11 is 0. The third-order valence-electron chi connectivity index (χ3n) is 9.47. The molecule has 0 aliphatic heterocycles. The van der Waals surface area contributed by atoms with Crippen molar-refractivity contribution < 1.29 is 18.8 Å². The van der Waals surface area contributed by atoms with Crippen LogP contribution in [0.1, 0.15) is 0 Å². The highest BCUT2D eigenvalue weighted by Gasteiger charge is 2.24. The Morgan fingerprint density at radius 3 is 1.34 bits per heavy atom. The second kappa shape index (κ2) is 11.1. The number of fused-ring (bicyclic) bond motifs is 6. The van der Waals surface area contributed by atoms with E-state index in [9.17, 15) is 15.2 Å². The molecule has 7 aromatic carbocycles. The van der Waals surface area contributed by atoms with E-state index in [0.29, 0.717) is 17.4 Å². The smallest absolute Gasteiger partial charge is 0.277 e. The molecule has 0 fully saturated rings. The molecule has 0 radical (unpaired) electrons. The summed E-state index contributed by atoms with van der Waals surface area (Å²) < 4.78 is 35.7. The molecule has 0 unspecified atom stereocenters. The molecular formula is C42H25F2N3O3. The van der Waals surface area contributed by atoms with Gasteiger partial charge in [0.1, 0.15) is 17.4 Å². The van der Waals surface area contributed by atoms with Crippen LogP contribution >= 0.6 is 0 Å². The van der Waals surface area contributed by atoms with Crippen LogP contribution in [-0.2, 0) is 0 Å². The number of nitro groups is 1. The Kier molecular flexibility index (Phi) is 6.54. The topological polar surface area (TPSA) is 73.2 Å². The van der Waals surface area contributed by atoms with Crippen LogP contribution in [-0.4, -0.2) is 19.2 Å². The highest BCUT2D eigenvalue weighted by molar-refractivity contribution is 6.10. The van der Waals surface area contributed by atoms with Gasteiger partial charge in [0.2, 0.25) is 0 Å². The second-order valence-corrected chi connectivity index (χ2v) is 12.2. The zero-order chi connectivity index (χ0) is 34.1. The van der Waals surface area contributed by atoms with Gasteiger partial charge >= 0.3 is 0 Å². The third kappa shape index (κ3) is 4.39. The summed E-state index contributed by atoms with van der Waals surface area (Å²) in [7, 11) is 0. The van der Waals surface area contributed by atoms with Crippen LogP contribution in [0.5, 0.6) is 5.75 Å². The molecule has 0 amide bonds. The predicted molar refractivity (Wildman–Crippen MR) is 194 cm³/mol. The SMILES string of the molecule is O=[N+]([O-])c1ccc(-n2c3ccccc3c3ccccc32)cc1-c1cc(-c2cc(-n3c4ccccc4c4ccccc43)ccc2O)c(F)cc1F. The number of aromatic hydroxyl groups is 1. The van der Waals surface area contributed by atoms with E-state index in [1.54, 1.807) is 24.3 Å². The van der Waals surface area contributed by atoms with Crippen LogP contribution < -0.4 is 0 Å². The lowest BCUT2D eigenvalue weighted by Gasteiger charge is -2.15. The van der Waals surface area contributed by atoms with Gasteiger partial charge in [0.25, 0.3) is 5.69 Å². The molecule has 0 saturated carbocycles. The minimum absolute atomic E-state index is 0.0221. The molecule has 240 valence electrons. The molecule has 6 nitrogen and oxygen atoms in total. The number of phenols is 1. The molecule has 0 saturated heterocycles. The van der Waals surface area contributed by atoms with Crippen LogP contribution in [0.2, 0.25) is 0 Å². The van der Waals surface area contributed by atoms with Gasteiger partial charge in [0.05, 0.1) is 32.6 Å². The average Bonchev–Trinajstić information content (AvgIpc) is 3.65. The minimum Gasteiger partial charge on any atom is -0.507 e. The largest absolute Gasteiger partial charge is 0.507 e. The predicted octanol–water partition coefficient (Wildman–Crippen LogP) is 11.1.